The van der Waals surface area contributed by atoms with Gasteiger partial charge in [0.05, 0.1) is 33.5 Å². The minimum atomic E-state index is 0.683. The Labute approximate surface area is 195 Å². The number of hydrogen-bond donors (Lipinski definition) is 0. The molecule has 0 N–H and O–H groups in total. The van der Waals surface area contributed by atoms with E-state index in [0.717, 1.165) is 20.3 Å². The highest BCUT2D eigenvalue weighted by Crippen LogP contribution is 2.36. The molecule has 0 atom stereocenters. The quantitative estimate of drug-likeness (QED) is 0.233. The van der Waals surface area contributed by atoms with Crippen molar-refractivity contribution in [2.24, 2.45) is 0 Å². The van der Waals surface area contributed by atoms with Gasteiger partial charge in [-0.2, -0.15) is 0 Å². The molecule has 4 aromatic heterocycles. The Hall–Kier alpha value is -2.70. The normalized spacial score (nSPS) is 12.0. The number of pyridine rings is 2. The van der Waals surface area contributed by atoms with E-state index in [9.17, 15) is 0 Å². The first-order valence-electron chi connectivity index (χ1n) is 10.1. The van der Waals surface area contributed by atoms with Gasteiger partial charge in [0.25, 0.3) is 0 Å². The first kappa shape index (κ1) is 19.0. The van der Waals surface area contributed by atoms with Crippen LogP contribution in [-0.2, 0) is 6.67 Å². The van der Waals surface area contributed by atoms with Crippen molar-refractivity contribution in [1.29, 1.82) is 0 Å². The lowest BCUT2D eigenvalue weighted by Gasteiger charge is -2.13. The fourth-order valence-corrected chi connectivity index (χ4v) is 5.55. The van der Waals surface area contributed by atoms with Crippen LogP contribution in [0.5, 0.6) is 0 Å². The molecule has 6 rings (SSSR count). The molecule has 4 nitrogen and oxygen atoms in total. The highest BCUT2D eigenvalue weighted by molar-refractivity contribution is 9.10. The maximum atomic E-state index is 4.61. The minimum Gasteiger partial charge on any atom is -0.320 e. The third-order valence-electron chi connectivity index (χ3n) is 6.12. The van der Waals surface area contributed by atoms with Crippen molar-refractivity contribution in [2.75, 3.05) is 0 Å². The Balaban J connectivity index is 1.73. The molecule has 4 heterocycles. The Morgan fingerprint density at radius 1 is 0.645 bits per heavy atom. The molecule has 0 bridgehead atoms. The molecule has 0 unspecified atom stereocenters. The second kappa shape index (κ2) is 6.90. The monoisotopic (exact) mass is 532 g/mol. The summed E-state index contributed by atoms with van der Waals surface area (Å²) in [5.41, 5.74) is 6.80. The fraction of sp³-hybridized carbons (Fsp3) is 0.120. The predicted molar refractivity (Wildman–Crippen MR) is 135 cm³/mol. The lowest BCUT2D eigenvalue weighted by Crippen LogP contribution is -2.09. The summed E-state index contributed by atoms with van der Waals surface area (Å²) in [5, 5.41) is 4.91. The van der Waals surface area contributed by atoms with E-state index in [1.807, 2.05) is 12.4 Å². The van der Waals surface area contributed by atoms with Gasteiger partial charge in [0.15, 0.2) is 0 Å². The summed E-state index contributed by atoms with van der Waals surface area (Å²) in [6.07, 6.45) is 3.79. The van der Waals surface area contributed by atoms with Gasteiger partial charge < -0.3 is 9.13 Å². The Kier molecular flexibility index (Phi) is 4.24. The molecule has 0 saturated heterocycles. The number of rotatable bonds is 2. The van der Waals surface area contributed by atoms with Gasteiger partial charge in [0.1, 0.15) is 6.67 Å². The molecule has 152 valence electrons. The zero-order valence-corrected chi connectivity index (χ0v) is 20.2. The van der Waals surface area contributed by atoms with Crippen LogP contribution in [0.4, 0.5) is 0 Å². The van der Waals surface area contributed by atoms with Crippen molar-refractivity contribution in [3.63, 3.8) is 0 Å². The molecule has 0 aliphatic rings. The Bertz CT molecular complexity index is 1540. The van der Waals surface area contributed by atoms with Crippen LogP contribution in [0.3, 0.4) is 0 Å². The third-order valence-corrected chi connectivity index (χ3v) is 7.10. The third kappa shape index (κ3) is 2.78. The predicted octanol–water partition coefficient (Wildman–Crippen LogP) is 7.34. The molecule has 0 radical (unpaired) electrons. The van der Waals surface area contributed by atoms with Crippen LogP contribution in [0.25, 0.3) is 43.6 Å². The molecule has 0 aliphatic carbocycles. The summed E-state index contributed by atoms with van der Waals surface area (Å²) < 4.78 is 6.92. The van der Waals surface area contributed by atoms with Crippen molar-refractivity contribution in [3.05, 3.63) is 81.3 Å². The highest BCUT2D eigenvalue weighted by atomic mass is 79.9. The van der Waals surface area contributed by atoms with Crippen LogP contribution in [-0.4, -0.2) is 19.1 Å². The number of hydrogen-bond acceptors (Lipinski definition) is 2. The van der Waals surface area contributed by atoms with E-state index < -0.39 is 0 Å². The summed E-state index contributed by atoms with van der Waals surface area (Å²) in [6, 6.07) is 17.2. The standard InChI is InChI=1S/C25H18Br2N4/c1-14-24-18(7-9-28-14)20-11-16(26)3-5-22(20)30(24)13-31-23-6-4-17(27)12-21(23)19-8-10-29-15(2)25(19)31/h3-12H,13H2,1-2H3. The molecule has 0 aliphatic heterocycles. The molecule has 0 spiro atoms. The summed E-state index contributed by atoms with van der Waals surface area (Å²) >= 11 is 7.29. The van der Waals surface area contributed by atoms with Crippen molar-refractivity contribution in [2.45, 2.75) is 20.5 Å². The van der Waals surface area contributed by atoms with Crippen LogP contribution in [0.1, 0.15) is 11.4 Å². The van der Waals surface area contributed by atoms with Crippen LogP contribution < -0.4 is 0 Å². The van der Waals surface area contributed by atoms with Gasteiger partial charge in [-0.1, -0.05) is 31.9 Å². The maximum Gasteiger partial charge on any atom is 0.100 e. The van der Waals surface area contributed by atoms with Crippen molar-refractivity contribution in [1.82, 2.24) is 19.1 Å². The van der Waals surface area contributed by atoms with Gasteiger partial charge in [0.2, 0.25) is 0 Å². The average Bonchev–Trinajstić information content (AvgIpc) is 3.23. The largest absolute Gasteiger partial charge is 0.320 e. The SMILES string of the molecule is Cc1nccc2c3cc(Br)ccc3n(Cn3c4ccc(Br)cc4c4ccnc(C)c43)c12. The first-order valence-corrected chi connectivity index (χ1v) is 11.7. The summed E-state index contributed by atoms with van der Waals surface area (Å²) in [7, 11) is 0. The number of halogens is 2. The summed E-state index contributed by atoms with van der Waals surface area (Å²) in [4.78, 5) is 9.22. The lowest BCUT2D eigenvalue weighted by atomic mass is 10.2. The smallest absolute Gasteiger partial charge is 0.100 e. The number of aromatic nitrogens is 4. The minimum absolute atomic E-state index is 0.683. The molecule has 6 heteroatoms. The second-order valence-electron chi connectivity index (χ2n) is 7.91. The van der Waals surface area contributed by atoms with Crippen molar-refractivity contribution >= 4 is 75.5 Å². The molecule has 0 fully saturated rings. The molecular weight excluding hydrogens is 516 g/mol. The van der Waals surface area contributed by atoms with E-state index in [2.05, 4.69) is 113 Å². The van der Waals surface area contributed by atoms with E-state index in [1.165, 1.54) is 43.6 Å². The van der Waals surface area contributed by atoms with Gasteiger partial charge in [-0.05, 0) is 62.4 Å². The van der Waals surface area contributed by atoms with Crippen molar-refractivity contribution < 1.29 is 0 Å². The van der Waals surface area contributed by atoms with Crippen molar-refractivity contribution in [3.8, 4) is 0 Å². The Morgan fingerprint density at radius 2 is 1.10 bits per heavy atom. The molecule has 2 aromatic carbocycles. The van der Waals surface area contributed by atoms with Crippen LogP contribution in [0.2, 0.25) is 0 Å². The fourth-order valence-electron chi connectivity index (χ4n) is 4.83. The molecule has 0 amide bonds. The topological polar surface area (TPSA) is 35.6 Å². The van der Waals surface area contributed by atoms with Gasteiger partial charge >= 0.3 is 0 Å². The summed E-state index contributed by atoms with van der Waals surface area (Å²) in [5.74, 6) is 0. The first-order chi connectivity index (χ1) is 15.0. The maximum absolute atomic E-state index is 4.61. The van der Waals surface area contributed by atoms with E-state index in [1.54, 1.807) is 0 Å². The van der Waals surface area contributed by atoms with E-state index in [0.29, 0.717) is 6.67 Å². The molecule has 6 aromatic rings. The number of aryl methyl sites for hydroxylation is 2. The number of benzene rings is 2. The van der Waals surface area contributed by atoms with Gasteiger partial charge in [-0.15, -0.1) is 0 Å². The highest BCUT2D eigenvalue weighted by Gasteiger charge is 2.18. The molecule has 31 heavy (non-hydrogen) atoms. The number of fused-ring (bicyclic) bond motifs is 6. The lowest BCUT2D eigenvalue weighted by molar-refractivity contribution is 0.678. The van der Waals surface area contributed by atoms with Gasteiger partial charge in [0, 0.05) is 42.9 Å². The zero-order valence-electron chi connectivity index (χ0n) is 17.0. The van der Waals surface area contributed by atoms with Gasteiger partial charge in [-0.3, -0.25) is 9.97 Å². The van der Waals surface area contributed by atoms with Crippen LogP contribution in [0.15, 0.2) is 69.9 Å². The van der Waals surface area contributed by atoms with Crippen LogP contribution in [0, 0.1) is 13.8 Å². The molecular formula is C25H18Br2N4. The Morgan fingerprint density at radius 3 is 1.55 bits per heavy atom. The average molecular weight is 534 g/mol. The van der Waals surface area contributed by atoms with E-state index in [-0.39, 0.29) is 0 Å². The zero-order chi connectivity index (χ0) is 21.3. The van der Waals surface area contributed by atoms with Crippen LogP contribution >= 0.6 is 31.9 Å². The number of nitrogens with zero attached hydrogens (tertiary/aromatic N) is 4. The molecule has 0 saturated carbocycles. The summed E-state index contributed by atoms with van der Waals surface area (Å²) in [6.45, 7) is 4.85. The second-order valence-corrected chi connectivity index (χ2v) is 9.74. The van der Waals surface area contributed by atoms with E-state index >= 15 is 0 Å². The van der Waals surface area contributed by atoms with E-state index in [4.69, 9.17) is 0 Å². The van der Waals surface area contributed by atoms with Gasteiger partial charge in [-0.25, -0.2) is 0 Å².